The van der Waals surface area contributed by atoms with E-state index in [1.807, 2.05) is 0 Å². The maximum absolute atomic E-state index is 13.8. The molecule has 0 spiro atoms. The van der Waals surface area contributed by atoms with Crippen LogP contribution in [-0.4, -0.2) is 34.4 Å². The number of carbonyl (C=O) groups excluding carboxylic acids is 2. The lowest BCUT2D eigenvalue weighted by atomic mass is 10.1. The summed E-state index contributed by atoms with van der Waals surface area (Å²) in [5.41, 5.74) is -4.17. The minimum Gasteiger partial charge on any atom is -0.467 e. The largest absolute Gasteiger partial charge is 0.467 e. The average molecular weight is 383 g/mol. The molecule has 0 saturated heterocycles. The number of furan rings is 1. The molecule has 1 aliphatic heterocycles. The third-order valence-corrected chi connectivity index (χ3v) is 3.99. The highest BCUT2D eigenvalue weighted by Crippen LogP contribution is 2.38. The molecule has 2 heterocycles. The van der Waals surface area contributed by atoms with E-state index in [1.165, 1.54) is 37.5 Å². The van der Waals surface area contributed by atoms with Crippen LogP contribution in [0.15, 0.2) is 52.1 Å². The second-order valence-electron chi connectivity index (χ2n) is 5.77. The number of hydrogen-bond donors (Lipinski definition) is 1. The van der Waals surface area contributed by atoms with E-state index in [2.05, 4.69) is 4.99 Å². The van der Waals surface area contributed by atoms with Crippen molar-refractivity contribution in [1.29, 1.82) is 0 Å². The molecule has 0 aliphatic carbocycles. The van der Waals surface area contributed by atoms with Gasteiger partial charge in [-0.2, -0.15) is 13.2 Å². The molecule has 0 radical (unpaired) electrons. The summed E-state index contributed by atoms with van der Waals surface area (Å²) < 4.78 is 60.1. The molecule has 2 amide bonds. The number of halogens is 4. The van der Waals surface area contributed by atoms with Gasteiger partial charge in [0.15, 0.2) is 0 Å². The van der Waals surface area contributed by atoms with Crippen LogP contribution >= 0.6 is 0 Å². The predicted molar refractivity (Wildman–Crippen MR) is 85.0 cm³/mol. The van der Waals surface area contributed by atoms with Crippen molar-refractivity contribution in [2.24, 2.45) is 4.99 Å². The van der Waals surface area contributed by atoms with Gasteiger partial charge in [0.1, 0.15) is 17.4 Å². The van der Waals surface area contributed by atoms with Gasteiger partial charge < -0.3 is 9.73 Å². The molecule has 0 saturated carbocycles. The fraction of sp³-hybridized carbons (Fsp3) is 0.235. The van der Waals surface area contributed by atoms with Gasteiger partial charge in [0.2, 0.25) is 0 Å². The van der Waals surface area contributed by atoms with Crippen molar-refractivity contribution < 1.29 is 31.6 Å². The lowest BCUT2D eigenvalue weighted by Crippen LogP contribution is -2.63. The number of nitrogens with one attached hydrogen (secondary N) is 1. The maximum atomic E-state index is 13.8. The predicted octanol–water partition coefficient (Wildman–Crippen LogP) is 2.87. The monoisotopic (exact) mass is 383 g/mol. The first kappa shape index (κ1) is 18.6. The molecule has 0 fully saturated rings. The van der Waals surface area contributed by atoms with E-state index in [-0.39, 0.29) is 18.1 Å². The summed E-state index contributed by atoms with van der Waals surface area (Å²) >= 11 is 0. The molecule has 10 heteroatoms. The molecule has 1 aromatic carbocycles. The summed E-state index contributed by atoms with van der Waals surface area (Å²) in [6.45, 7) is 0.901. The van der Waals surface area contributed by atoms with Crippen molar-refractivity contribution in [2.75, 3.05) is 0 Å². The Morgan fingerprint density at radius 2 is 1.96 bits per heavy atom. The second kappa shape index (κ2) is 6.53. The summed E-state index contributed by atoms with van der Waals surface area (Å²) in [4.78, 5) is 29.0. The van der Waals surface area contributed by atoms with E-state index in [0.717, 1.165) is 17.0 Å². The van der Waals surface area contributed by atoms with Gasteiger partial charge in [-0.15, -0.1) is 0 Å². The summed E-state index contributed by atoms with van der Waals surface area (Å²) in [7, 11) is 0. The highest BCUT2D eigenvalue weighted by Gasteiger charge is 2.66. The Morgan fingerprint density at radius 3 is 2.56 bits per heavy atom. The normalized spacial score (nSPS) is 20.0. The number of hydrogen-bond acceptors (Lipinski definition) is 4. The van der Waals surface area contributed by atoms with Crippen LogP contribution in [0.4, 0.5) is 17.6 Å². The van der Waals surface area contributed by atoms with Crippen LogP contribution in [0.5, 0.6) is 0 Å². The Hall–Kier alpha value is -3.17. The number of aliphatic imine (C=N–C) groups is 1. The summed E-state index contributed by atoms with van der Waals surface area (Å²) in [5.74, 6) is -3.96. The van der Waals surface area contributed by atoms with Crippen LogP contribution in [0.1, 0.15) is 23.0 Å². The quantitative estimate of drug-likeness (QED) is 0.825. The fourth-order valence-electron chi connectivity index (χ4n) is 2.65. The van der Waals surface area contributed by atoms with Gasteiger partial charge in [-0.05, 0) is 31.2 Å². The molecule has 1 unspecified atom stereocenters. The first-order valence-corrected chi connectivity index (χ1v) is 7.70. The van der Waals surface area contributed by atoms with Crippen molar-refractivity contribution in [2.45, 2.75) is 25.3 Å². The molecule has 2 aromatic rings. The first-order valence-electron chi connectivity index (χ1n) is 7.70. The van der Waals surface area contributed by atoms with Crippen LogP contribution in [0, 0.1) is 5.82 Å². The smallest absolute Gasteiger partial charge is 0.442 e. The van der Waals surface area contributed by atoms with Gasteiger partial charge in [-0.3, -0.25) is 14.5 Å². The minimum atomic E-state index is -5.25. The van der Waals surface area contributed by atoms with Crippen LogP contribution < -0.4 is 5.32 Å². The average Bonchev–Trinajstić information content (AvgIpc) is 3.18. The zero-order valence-corrected chi connectivity index (χ0v) is 13.9. The van der Waals surface area contributed by atoms with Crippen LogP contribution in [0.25, 0.3) is 0 Å². The number of amides is 2. The number of carbonyl (C=O) groups is 2. The van der Waals surface area contributed by atoms with Crippen molar-refractivity contribution in [1.82, 2.24) is 10.2 Å². The molecule has 6 nitrogen and oxygen atoms in total. The van der Waals surface area contributed by atoms with E-state index < -0.39 is 35.0 Å². The molecule has 0 bridgehead atoms. The second-order valence-corrected chi connectivity index (χ2v) is 5.77. The first-order chi connectivity index (χ1) is 12.7. The topological polar surface area (TPSA) is 74.9 Å². The van der Waals surface area contributed by atoms with Gasteiger partial charge >= 0.3 is 11.8 Å². The van der Waals surface area contributed by atoms with Crippen molar-refractivity contribution in [3.63, 3.8) is 0 Å². The van der Waals surface area contributed by atoms with Gasteiger partial charge in [-0.1, -0.05) is 12.1 Å². The molecule has 142 valence electrons. The Morgan fingerprint density at radius 1 is 1.26 bits per heavy atom. The summed E-state index contributed by atoms with van der Waals surface area (Å²) in [6, 6.07) is 7.48. The van der Waals surface area contributed by atoms with E-state index >= 15 is 0 Å². The fourth-order valence-corrected chi connectivity index (χ4v) is 2.65. The summed E-state index contributed by atoms with van der Waals surface area (Å²) in [5, 5.41) is 1.57. The molecular weight excluding hydrogens is 370 g/mol. The van der Waals surface area contributed by atoms with E-state index in [4.69, 9.17) is 4.42 Å². The lowest BCUT2D eigenvalue weighted by molar-refractivity contribution is -0.196. The molecule has 1 aromatic heterocycles. The third-order valence-electron chi connectivity index (χ3n) is 3.99. The molecular formula is C17H13F4N3O3. The molecule has 27 heavy (non-hydrogen) atoms. The number of rotatable bonds is 4. The van der Waals surface area contributed by atoms with Crippen molar-refractivity contribution >= 4 is 17.6 Å². The Balaban J connectivity index is 1.96. The number of amidine groups is 1. The maximum Gasteiger partial charge on any atom is 0.442 e. The SMILES string of the molecule is CC1=NC(NC(=O)c2ccccc2F)(C(F)(F)F)C(=O)N1Cc1ccco1. The Labute approximate surface area is 150 Å². The minimum absolute atomic E-state index is 0.233. The molecule has 3 rings (SSSR count). The molecule has 1 aliphatic rings. The number of nitrogens with zero attached hydrogens (tertiary/aromatic N) is 2. The van der Waals surface area contributed by atoms with Crippen LogP contribution in [0.2, 0.25) is 0 Å². The summed E-state index contributed by atoms with van der Waals surface area (Å²) in [6.07, 6.45) is -3.94. The zero-order valence-electron chi connectivity index (χ0n) is 13.9. The highest BCUT2D eigenvalue weighted by atomic mass is 19.4. The standard InChI is InChI=1S/C17H13F4N3O3/c1-10-22-16(17(19,20)21,15(26)24(10)9-11-5-4-8-27-11)23-14(25)12-6-2-3-7-13(12)18/h2-8H,9H2,1H3,(H,23,25). The molecule has 1 atom stereocenters. The van der Waals surface area contributed by atoms with E-state index in [0.29, 0.717) is 0 Å². The van der Waals surface area contributed by atoms with Gasteiger partial charge in [0.05, 0.1) is 18.4 Å². The van der Waals surface area contributed by atoms with Crippen molar-refractivity contribution in [3.8, 4) is 0 Å². The third kappa shape index (κ3) is 3.18. The van der Waals surface area contributed by atoms with Gasteiger partial charge in [-0.25, -0.2) is 9.38 Å². The van der Waals surface area contributed by atoms with E-state index in [1.54, 1.807) is 5.32 Å². The lowest BCUT2D eigenvalue weighted by Gasteiger charge is -2.29. The highest BCUT2D eigenvalue weighted by molar-refractivity contribution is 6.10. The zero-order chi connectivity index (χ0) is 19.8. The Kier molecular flexibility index (Phi) is 4.50. The van der Waals surface area contributed by atoms with Crippen LogP contribution in [0.3, 0.4) is 0 Å². The van der Waals surface area contributed by atoms with Gasteiger partial charge in [0.25, 0.3) is 11.8 Å². The number of alkyl halides is 3. The molecule has 1 N–H and O–H groups in total. The number of benzene rings is 1. The Bertz CT molecular complexity index is 908. The van der Waals surface area contributed by atoms with Gasteiger partial charge in [0, 0.05) is 0 Å². The van der Waals surface area contributed by atoms with Crippen molar-refractivity contribution in [3.05, 3.63) is 59.8 Å². The van der Waals surface area contributed by atoms with Crippen LogP contribution in [-0.2, 0) is 11.3 Å². The van der Waals surface area contributed by atoms with E-state index in [9.17, 15) is 27.2 Å².